The second-order valence-corrected chi connectivity index (χ2v) is 6.46. The Labute approximate surface area is 160 Å². The monoisotopic (exact) mass is 368 g/mol. The Kier molecular flexibility index (Phi) is 7.34. The number of benzene rings is 1. The maximum atomic E-state index is 12.8. The lowest BCUT2D eigenvalue weighted by atomic mass is 10.2. The minimum atomic E-state index is -0.295. The summed E-state index contributed by atoms with van der Waals surface area (Å²) in [6.45, 7) is 12.3. The molecule has 0 saturated heterocycles. The van der Waals surface area contributed by atoms with E-state index in [2.05, 4.69) is 23.5 Å². The maximum absolute atomic E-state index is 12.8. The van der Waals surface area contributed by atoms with Crippen LogP contribution in [0.3, 0.4) is 0 Å². The molecule has 2 amide bonds. The van der Waals surface area contributed by atoms with Crippen LogP contribution in [0.4, 0.5) is 0 Å². The Morgan fingerprint density at radius 1 is 1.26 bits per heavy atom. The third-order valence-corrected chi connectivity index (χ3v) is 4.27. The van der Waals surface area contributed by atoms with Crippen LogP contribution in [0.25, 0.3) is 11.0 Å². The first-order valence-electron chi connectivity index (χ1n) is 9.25. The molecule has 0 radical (unpaired) electrons. The van der Waals surface area contributed by atoms with E-state index in [9.17, 15) is 9.59 Å². The zero-order valence-corrected chi connectivity index (χ0v) is 16.1. The molecule has 1 N–H and O–H groups in total. The van der Waals surface area contributed by atoms with Crippen LogP contribution in [0, 0.1) is 0 Å². The number of hydrogen-bond acceptors (Lipinski definition) is 3. The number of carbonyl (C=O) groups excluding carboxylic acids is 2. The molecule has 6 nitrogen and oxygen atoms in total. The van der Waals surface area contributed by atoms with Gasteiger partial charge in [-0.25, -0.2) is 4.98 Å². The third-order valence-electron chi connectivity index (χ3n) is 4.27. The van der Waals surface area contributed by atoms with Gasteiger partial charge in [-0.2, -0.15) is 0 Å². The van der Waals surface area contributed by atoms with Crippen molar-refractivity contribution in [3.8, 4) is 0 Å². The van der Waals surface area contributed by atoms with Gasteiger partial charge in [-0.3, -0.25) is 9.59 Å². The fraction of sp³-hybridized carbons (Fsp3) is 0.381. The van der Waals surface area contributed by atoms with Crippen molar-refractivity contribution in [3.05, 3.63) is 55.4 Å². The third kappa shape index (κ3) is 5.06. The van der Waals surface area contributed by atoms with Crippen molar-refractivity contribution in [2.75, 3.05) is 13.1 Å². The molecule has 27 heavy (non-hydrogen) atoms. The van der Waals surface area contributed by atoms with Crippen LogP contribution < -0.4 is 5.32 Å². The van der Waals surface area contributed by atoms with Crippen LogP contribution in [0.15, 0.2) is 49.6 Å². The summed E-state index contributed by atoms with van der Waals surface area (Å²) in [6.07, 6.45) is 4.64. The van der Waals surface area contributed by atoms with E-state index in [1.54, 1.807) is 17.1 Å². The largest absolute Gasteiger partial charge is 0.346 e. The van der Waals surface area contributed by atoms with Crippen molar-refractivity contribution >= 4 is 22.8 Å². The van der Waals surface area contributed by atoms with Crippen LogP contribution in [-0.2, 0) is 16.1 Å². The lowest BCUT2D eigenvalue weighted by molar-refractivity contribution is -0.130. The summed E-state index contributed by atoms with van der Waals surface area (Å²) in [5, 5.41) is 2.97. The van der Waals surface area contributed by atoms with E-state index >= 15 is 0 Å². The van der Waals surface area contributed by atoms with E-state index in [0.29, 0.717) is 25.3 Å². The minimum Gasteiger partial charge on any atom is -0.346 e. The van der Waals surface area contributed by atoms with Crippen molar-refractivity contribution in [1.82, 2.24) is 19.8 Å². The Morgan fingerprint density at radius 3 is 2.56 bits per heavy atom. The first-order valence-corrected chi connectivity index (χ1v) is 9.25. The molecule has 0 saturated carbocycles. The van der Waals surface area contributed by atoms with E-state index in [4.69, 9.17) is 0 Å². The molecule has 0 bridgehead atoms. The highest BCUT2D eigenvalue weighted by Gasteiger charge is 2.21. The molecule has 0 aliphatic rings. The van der Waals surface area contributed by atoms with Crippen LogP contribution >= 0.6 is 0 Å². The number of para-hydroxylation sites is 2. The zero-order chi connectivity index (χ0) is 19.8. The van der Waals surface area contributed by atoms with Crippen LogP contribution in [0.1, 0.15) is 38.6 Å². The number of amides is 2. The average Bonchev–Trinajstić information content (AvgIpc) is 3.00. The number of rotatable bonds is 10. The van der Waals surface area contributed by atoms with Crippen LogP contribution in [0.5, 0.6) is 0 Å². The zero-order valence-electron chi connectivity index (χ0n) is 16.1. The average molecular weight is 368 g/mol. The quantitative estimate of drug-likeness (QED) is 0.655. The van der Waals surface area contributed by atoms with Gasteiger partial charge in [-0.05, 0) is 25.5 Å². The van der Waals surface area contributed by atoms with Gasteiger partial charge in [-0.1, -0.05) is 31.2 Å². The van der Waals surface area contributed by atoms with Crippen molar-refractivity contribution in [1.29, 1.82) is 0 Å². The molecule has 0 spiro atoms. The minimum absolute atomic E-state index is 0.0186. The van der Waals surface area contributed by atoms with Crippen molar-refractivity contribution in [2.45, 2.75) is 39.3 Å². The second kappa shape index (κ2) is 9.71. The molecular weight excluding hydrogens is 340 g/mol. The van der Waals surface area contributed by atoms with Gasteiger partial charge in [0.25, 0.3) is 0 Å². The van der Waals surface area contributed by atoms with Gasteiger partial charge in [0.2, 0.25) is 11.8 Å². The molecule has 0 aliphatic carbocycles. The Morgan fingerprint density at radius 2 is 1.93 bits per heavy atom. The molecule has 6 heteroatoms. The first-order chi connectivity index (χ1) is 13.0. The predicted molar refractivity (Wildman–Crippen MR) is 108 cm³/mol. The van der Waals surface area contributed by atoms with Crippen LogP contribution in [-0.4, -0.2) is 39.4 Å². The Balaban J connectivity index is 2.35. The van der Waals surface area contributed by atoms with Gasteiger partial charge in [0, 0.05) is 19.5 Å². The molecule has 2 rings (SSSR count). The number of nitrogens with one attached hydrogen (secondary N) is 1. The van der Waals surface area contributed by atoms with E-state index < -0.39 is 0 Å². The summed E-state index contributed by atoms with van der Waals surface area (Å²) >= 11 is 0. The Hall–Kier alpha value is -2.89. The van der Waals surface area contributed by atoms with E-state index in [-0.39, 0.29) is 24.4 Å². The molecule has 0 fully saturated rings. The SMILES string of the molecule is C=CCN(CC=C)C(=O)Cn1c(C(C)NC(=O)CCC)nc2ccccc21. The topological polar surface area (TPSA) is 67.2 Å². The molecule has 2 aromatic rings. The van der Waals surface area contributed by atoms with Crippen LogP contribution in [0.2, 0.25) is 0 Å². The summed E-state index contributed by atoms with van der Waals surface area (Å²) in [5.74, 6) is 0.604. The summed E-state index contributed by atoms with van der Waals surface area (Å²) < 4.78 is 1.88. The predicted octanol–water partition coefficient (Wildman–Crippen LogP) is 3.21. The van der Waals surface area contributed by atoms with E-state index in [1.165, 1.54) is 0 Å². The van der Waals surface area contributed by atoms with E-state index in [1.807, 2.05) is 42.7 Å². The van der Waals surface area contributed by atoms with E-state index in [0.717, 1.165) is 17.5 Å². The van der Waals surface area contributed by atoms with Gasteiger partial charge in [0.15, 0.2) is 0 Å². The molecule has 1 aromatic carbocycles. The molecular formula is C21H28N4O2. The van der Waals surface area contributed by atoms with Gasteiger partial charge in [-0.15, -0.1) is 13.2 Å². The number of fused-ring (bicyclic) bond motifs is 1. The summed E-state index contributed by atoms with van der Waals surface area (Å²) in [4.78, 5) is 31.2. The number of imidazole rings is 1. The van der Waals surface area contributed by atoms with Gasteiger partial charge in [0.05, 0.1) is 17.1 Å². The first kappa shape index (κ1) is 20.4. The highest BCUT2D eigenvalue weighted by atomic mass is 16.2. The molecule has 144 valence electrons. The molecule has 1 aromatic heterocycles. The summed E-state index contributed by atoms with van der Waals surface area (Å²) in [7, 11) is 0. The lowest BCUT2D eigenvalue weighted by Crippen LogP contribution is -2.35. The number of aromatic nitrogens is 2. The molecule has 1 atom stereocenters. The number of nitrogens with zero attached hydrogens (tertiary/aromatic N) is 3. The molecule has 0 aliphatic heterocycles. The Bertz CT molecular complexity index is 815. The molecule has 1 unspecified atom stereocenters. The van der Waals surface area contributed by atoms with Crippen molar-refractivity contribution in [2.24, 2.45) is 0 Å². The normalized spacial score (nSPS) is 11.8. The highest BCUT2D eigenvalue weighted by molar-refractivity contribution is 5.82. The highest BCUT2D eigenvalue weighted by Crippen LogP contribution is 2.21. The smallest absolute Gasteiger partial charge is 0.243 e. The number of carbonyl (C=O) groups is 2. The standard InChI is InChI=1S/C21H28N4O2/c1-5-10-19(26)22-16(4)21-23-17-11-8-9-12-18(17)25(21)15-20(27)24(13-6-2)14-7-3/h6-9,11-12,16H,2-3,5,10,13-15H2,1,4H3,(H,22,26). The second-order valence-electron chi connectivity index (χ2n) is 6.46. The van der Waals surface area contributed by atoms with Crippen molar-refractivity contribution < 1.29 is 9.59 Å². The fourth-order valence-corrected chi connectivity index (χ4v) is 3.02. The lowest BCUT2D eigenvalue weighted by Gasteiger charge is -2.21. The maximum Gasteiger partial charge on any atom is 0.243 e. The number of hydrogen-bond donors (Lipinski definition) is 1. The summed E-state index contributed by atoms with van der Waals surface area (Å²) in [6, 6.07) is 7.38. The fourth-order valence-electron chi connectivity index (χ4n) is 3.02. The van der Waals surface area contributed by atoms with Gasteiger partial charge >= 0.3 is 0 Å². The van der Waals surface area contributed by atoms with Gasteiger partial charge in [0.1, 0.15) is 12.4 Å². The van der Waals surface area contributed by atoms with Gasteiger partial charge < -0.3 is 14.8 Å². The summed E-state index contributed by atoms with van der Waals surface area (Å²) in [5.41, 5.74) is 1.67. The van der Waals surface area contributed by atoms with Crippen molar-refractivity contribution in [3.63, 3.8) is 0 Å². The molecule has 1 heterocycles.